The molecule has 0 atom stereocenters. The van der Waals surface area contributed by atoms with Gasteiger partial charge in [0.2, 0.25) is 0 Å². The smallest absolute Gasteiger partial charge is 0.339 e. The Bertz CT molecular complexity index is 1040. The zero-order valence-electron chi connectivity index (χ0n) is 14.8. The number of hydrogen-bond acceptors (Lipinski definition) is 4. The van der Waals surface area contributed by atoms with E-state index >= 15 is 0 Å². The molecule has 136 valence electrons. The summed E-state index contributed by atoms with van der Waals surface area (Å²) < 4.78 is 32.2. The van der Waals surface area contributed by atoms with Crippen LogP contribution < -0.4 is 0 Å². The molecule has 26 heavy (non-hydrogen) atoms. The van der Waals surface area contributed by atoms with Gasteiger partial charge in [0.1, 0.15) is 0 Å². The van der Waals surface area contributed by atoms with Gasteiger partial charge in [0.05, 0.1) is 28.5 Å². The van der Waals surface area contributed by atoms with E-state index in [0.717, 1.165) is 5.56 Å². The quantitative estimate of drug-likeness (QED) is 0.695. The maximum atomic E-state index is 13.0. The first-order valence-corrected chi connectivity index (χ1v) is 9.65. The Labute approximate surface area is 152 Å². The normalized spacial score (nSPS) is 11.5. The van der Waals surface area contributed by atoms with Crippen molar-refractivity contribution < 1.29 is 17.9 Å². The van der Waals surface area contributed by atoms with Gasteiger partial charge in [-0.15, -0.1) is 0 Å². The SMILES string of the molecule is CCOC(=O)c1cc(-c2cccn2S(=O)(=O)c2ccc(C)cc2)[nH]c1C. The fourth-order valence-electron chi connectivity index (χ4n) is 2.72. The molecule has 1 N–H and O–H groups in total. The fraction of sp³-hybridized carbons (Fsp3) is 0.211. The zero-order chi connectivity index (χ0) is 18.9. The Hall–Kier alpha value is -2.80. The number of esters is 1. The number of aryl methyl sites for hydroxylation is 2. The molecule has 0 saturated carbocycles. The molecule has 3 rings (SSSR count). The van der Waals surface area contributed by atoms with Gasteiger partial charge < -0.3 is 9.72 Å². The average Bonchev–Trinajstić information content (AvgIpc) is 3.22. The predicted octanol–water partition coefficient (Wildman–Crippen LogP) is 3.51. The summed E-state index contributed by atoms with van der Waals surface area (Å²) in [6.45, 7) is 5.66. The van der Waals surface area contributed by atoms with Gasteiger partial charge in [0.15, 0.2) is 0 Å². The van der Waals surface area contributed by atoms with Crippen molar-refractivity contribution in [2.45, 2.75) is 25.7 Å². The van der Waals surface area contributed by atoms with Crippen LogP contribution in [-0.2, 0) is 14.8 Å². The molecule has 7 heteroatoms. The molecule has 1 aromatic carbocycles. The van der Waals surface area contributed by atoms with Crippen LogP contribution >= 0.6 is 0 Å². The molecule has 0 fully saturated rings. The number of nitrogens with zero attached hydrogens (tertiary/aromatic N) is 1. The van der Waals surface area contributed by atoms with Crippen molar-refractivity contribution in [3.63, 3.8) is 0 Å². The summed E-state index contributed by atoms with van der Waals surface area (Å²) in [5.74, 6) is -0.438. The van der Waals surface area contributed by atoms with E-state index in [2.05, 4.69) is 4.98 Å². The highest BCUT2D eigenvalue weighted by Crippen LogP contribution is 2.26. The van der Waals surface area contributed by atoms with E-state index in [1.807, 2.05) is 6.92 Å². The number of aromatic nitrogens is 2. The van der Waals surface area contributed by atoms with E-state index in [1.165, 1.54) is 10.2 Å². The summed E-state index contributed by atoms with van der Waals surface area (Å²) in [6, 6.07) is 11.6. The Morgan fingerprint density at radius 2 is 1.85 bits per heavy atom. The van der Waals surface area contributed by atoms with Gasteiger partial charge in [-0.25, -0.2) is 17.2 Å². The van der Waals surface area contributed by atoms with Crippen molar-refractivity contribution >= 4 is 16.0 Å². The molecule has 6 nitrogen and oxygen atoms in total. The summed E-state index contributed by atoms with van der Waals surface area (Å²) >= 11 is 0. The monoisotopic (exact) mass is 372 g/mol. The molecule has 0 saturated heterocycles. The molecular formula is C19H20N2O4S. The molecule has 2 heterocycles. The van der Waals surface area contributed by atoms with Crippen molar-refractivity contribution in [1.82, 2.24) is 8.96 Å². The standard InChI is InChI=1S/C19H20N2O4S/c1-4-25-19(22)16-12-17(20-14(16)3)18-6-5-11-21(18)26(23,24)15-9-7-13(2)8-10-15/h5-12,20H,4H2,1-3H3. The zero-order valence-corrected chi connectivity index (χ0v) is 15.6. The van der Waals surface area contributed by atoms with Crippen molar-refractivity contribution in [3.05, 3.63) is 65.5 Å². The summed E-state index contributed by atoms with van der Waals surface area (Å²) in [5, 5.41) is 0. The van der Waals surface area contributed by atoms with Crippen molar-refractivity contribution in [2.24, 2.45) is 0 Å². The minimum atomic E-state index is -3.74. The molecule has 3 aromatic rings. The summed E-state index contributed by atoms with van der Waals surface area (Å²) in [6.07, 6.45) is 1.49. The molecule has 2 aromatic heterocycles. The van der Waals surface area contributed by atoms with Gasteiger partial charge >= 0.3 is 5.97 Å². The maximum absolute atomic E-state index is 13.0. The summed E-state index contributed by atoms with van der Waals surface area (Å²) in [4.78, 5) is 15.3. The topological polar surface area (TPSA) is 81.2 Å². The van der Waals surface area contributed by atoms with Crippen molar-refractivity contribution in [3.8, 4) is 11.4 Å². The number of ether oxygens (including phenoxy) is 1. The van der Waals surface area contributed by atoms with Crippen LogP contribution in [0.4, 0.5) is 0 Å². The van der Waals surface area contributed by atoms with Gasteiger partial charge in [0, 0.05) is 11.9 Å². The minimum absolute atomic E-state index is 0.203. The number of H-pyrrole nitrogens is 1. The molecule has 0 spiro atoms. The van der Waals surface area contributed by atoms with Crippen LogP contribution in [0, 0.1) is 13.8 Å². The summed E-state index contributed by atoms with van der Waals surface area (Å²) in [5.41, 5.74) is 2.98. The third kappa shape index (κ3) is 3.17. The molecular weight excluding hydrogens is 352 g/mol. The van der Waals surface area contributed by atoms with E-state index in [1.54, 1.807) is 56.3 Å². The van der Waals surface area contributed by atoms with Crippen molar-refractivity contribution in [2.75, 3.05) is 6.61 Å². The van der Waals surface area contributed by atoms with Crippen molar-refractivity contribution in [1.29, 1.82) is 0 Å². The first-order valence-electron chi connectivity index (χ1n) is 8.21. The van der Waals surface area contributed by atoms with E-state index in [0.29, 0.717) is 22.6 Å². The van der Waals surface area contributed by atoms with Crippen LogP contribution in [0.5, 0.6) is 0 Å². The number of benzene rings is 1. The Balaban J connectivity index is 2.06. The molecule has 0 aliphatic rings. The molecule has 0 aliphatic heterocycles. The Morgan fingerprint density at radius 3 is 2.50 bits per heavy atom. The van der Waals surface area contributed by atoms with Crippen LogP contribution in [0.15, 0.2) is 53.6 Å². The van der Waals surface area contributed by atoms with Crippen LogP contribution in [0.3, 0.4) is 0 Å². The van der Waals surface area contributed by atoms with Gasteiger partial charge in [-0.05, 0) is 51.1 Å². The highest BCUT2D eigenvalue weighted by Gasteiger charge is 2.22. The average molecular weight is 372 g/mol. The fourth-order valence-corrected chi connectivity index (χ4v) is 4.08. The Morgan fingerprint density at radius 1 is 1.15 bits per heavy atom. The number of carbonyl (C=O) groups is 1. The molecule has 0 unspecified atom stereocenters. The lowest BCUT2D eigenvalue weighted by molar-refractivity contribution is 0.0525. The molecule has 0 radical (unpaired) electrons. The predicted molar refractivity (Wildman–Crippen MR) is 98.7 cm³/mol. The van der Waals surface area contributed by atoms with E-state index < -0.39 is 16.0 Å². The molecule has 0 aliphatic carbocycles. The van der Waals surface area contributed by atoms with Crippen LogP contribution in [0.2, 0.25) is 0 Å². The minimum Gasteiger partial charge on any atom is -0.462 e. The number of carbonyl (C=O) groups excluding carboxylic acids is 1. The highest BCUT2D eigenvalue weighted by atomic mass is 32.2. The number of aromatic amines is 1. The third-order valence-electron chi connectivity index (χ3n) is 4.08. The van der Waals surface area contributed by atoms with Gasteiger partial charge in [-0.1, -0.05) is 17.7 Å². The molecule has 0 amide bonds. The lowest BCUT2D eigenvalue weighted by Gasteiger charge is -2.10. The van der Waals surface area contributed by atoms with E-state index in [9.17, 15) is 13.2 Å². The number of nitrogens with one attached hydrogen (secondary N) is 1. The maximum Gasteiger partial charge on any atom is 0.339 e. The van der Waals surface area contributed by atoms with Gasteiger partial charge in [0.25, 0.3) is 10.0 Å². The summed E-state index contributed by atoms with van der Waals surface area (Å²) in [7, 11) is -3.74. The van der Waals surface area contributed by atoms with Crippen LogP contribution in [0.25, 0.3) is 11.4 Å². The second kappa shape index (κ2) is 6.84. The third-order valence-corrected chi connectivity index (χ3v) is 5.78. The lowest BCUT2D eigenvalue weighted by atomic mass is 10.2. The highest BCUT2D eigenvalue weighted by molar-refractivity contribution is 7.90. The van der Waals surface area contributed by atoms with Crippen LogP contribution in [0.1, 0.15) is 28.5 Å². The first-order chi connectivity index (χ1) is 12.3. The Kier molecular flexibility index (Phi) is 4.73. The number of rotatable bonds is 5. The van der Waals surface area contributed by atoms with Gasteiger partial charge in [-0.3, -0.25) is 0 Å². The lowest BCUT2D eigenvalue weighted by Crippen LogP contribution is -2.13. The van der Waals surface area contributed by atoms with E-state index in [4.69, 9.17) is 4.74 Å². The largest absolute Gasteiger partial charge is 0.462 e. The second-order valence-corrected chi connectivity index (χ2v) is 7.76. The van der Waals surface area contributed by atoms with Gasteiger partial charge in [-0.2, -0.15) is 0 Å². The van der Waals surface area contributed by atoms with E-state index in [-0.39, 0.29) is 11.5 Å². The van der Waals surface area contributed by atoms with Crippen LogP contribution in [-0.4, -0.2) is 30.0 Å². The number of hydrogen-bond donors (Lipinski definition) is 1. The second-order valence-electron chi connectivity index (χ2n) is 5.95. The molecule has 0 bridgehead atoms. The first kappa shape index (κ1) is 18.0.